The molecule has 2 heterocycles. The first kappa shape index (κ1) is 15.5. The molecule has 0 radical (unpaired) electrons. The third-order valence-corrected chi connectivity index (χ3v) is 6.29. The van der Waals surface area contributed by atoms with Crippen LogP contribution in [0.25, 0.3) is 0 Å². The van der Waals surface area contributed by atoms with Crippen LogP contribution in [0.2, 0.25) is 0 Å². The average Bonchev–Trinajstić information content (AvgIpc) is 3.08. The molecule has 22 heavy (non-hydrogen) atoms. The Labute approximate surface area is 134 Å². The van der Waals surface area contributed by atoms with E-state index in [9.17, 15) is 8.42 Å². The van der Waals surface area contributed by atoms with Crippen LogP contribution in [0.15, 0.2) is 46.8 Å². The summed E-state index contributed by atoms with van der Waals surface area (Å²) in [6.45, 7) is 1.01. The predicted octanol–water partition coefficient (Wildman–Crippen LogP) is 2.91. The van der Waals surface area contributed by atoms with E-state index >= 15 is 0 Å². The Morgan fingerprint density at radius 2 is 2.09 bits per heavy atom. The second-order valence-corrected chi connectivity index (χ2v) is 7.89. The minimum Gasteiger partial charge on any atom is -0.376 e. The zero-order valence-corrected chi connectivity index (χ0v) is 13.7. The number of aromatic nitrogens is 1. The first-order chi connectivity index (χ1) is 10.7. The fourth-order valence-electron chi connectivity index (χ4n) is 2.47. The highest BCUT2D eigenvalue weighted by Gasteiger charge is 2.30. The number of ether oxygens (including phenoxy) is 1. The van der Waals surface area contributed by atoms with Gasteiger partial charge in [-0.1, -0.05) is 18.2 Å². The summed E-state index contributed by atoms with van der Waals surface area (Å²) in [6, 6.07) is 8.47. The van der Waals surface area contributed by atoms with Crippen molar-refractivity contribution in [2.75, 3.05) is 17.5 Å². The van der Waals surface area contributed by atoms with Gasteiger partial charge in [-0.3, -0.25) is 0 Å². The zero-order valence-electron chi connectivity index (χ0n) is 12.1. The number of thiazole rings is 1. The third-order valence-electron chi connectivity index (χ3n) is 3.61. The van der Waals surface area contributed by atoms with Crippen molar-refractivity contribution in [3.05, 3.63) is 41.9 Å². The average molecular weight is 338 g/mol. The van der Waals surface area contributed by atoms with Crippen molar-refractivity contribution in [1.29, 1.82) is 0 Å². The first-order valence-corrected chi connectivity index (χ1v) is 9.59. The quantitative estimate of drug-likeness (QED) is 0.841. The minimum absolute atomic E-state index is 0.0730. The Balaban J connectivity index is 1.91. The minimum atomic E-state index is -3.62. The van der Waals surface area contributed by atoms with E-state index in [0.717, 1.165) is 19.3 Å². The van der Waals surface area contributed by atoms with Crippen LogP contribution in [0.1, 0.15) is 19.3 Å². The lowest BCUT2D eigenvalue weighted by atomic mass is 10.1. The van der Waals surface area contributed by atoms with Crippen molar-refractivity contribution >= 4 is 26.5 Å². The standard InChI is InChI=1S/C15H18N2O3S2/c18-22(19,14-7-2-1-3-8-14)17(15-16-9-11-21-15)12-13-6-4-5-10-20-13/h1-3,7-9,11,13H,4-6,10,12H2/t13-/m1/s1. The number of hydrogen-bond acceptors (Lipinski definition) is 5. The van der Waals surface area contributed by atoms with Gasteiger partial charge in [0.25, 0.3) is 10.0 Å². The van der Waals surface area contributed by atoms with E-state index in [2.05, 4.69) is 4.98 Å². The van der Waals surface area contributed by atoms with E-state index in [1.807, 2.05) is 0 Å². The summed E-state index contributed by atoms with van der Waals surface area (Å²) in [7, 11) is -3.62. The van der Waals surface area contributed by atoms with Gasteiger partial charge in [-0.2, -0.15) is 0 Å². The highest BCUT2D eigenvalue weighted by Crippen LogP contribution is 2.27. The lowest BCUT2D eigenvalue weighted by Crippen LogP contribution is -2.39. The highest BCUT2D eigenvalue weighted by atomic mass is 32.2. The molecule has 0 spiro atoms. The molecule has 0 saturated carbocycles. The number of rotatable bonds is 5. The third kappa shape index (κ3) is 3.31. The maximum atomic E-state index is 12.9. The number of hydrogen-bond donors (Lipinski definition) is 0. The smallest absolute Gasteiger partial charge is 0.266 e. The van der Waals surface area contributed by atoms with E-state index in [1.165, 1.54) is 15.6 Å². The molecular formula is C15H18N2O3S2. The van der Waals surface area contributed by atoms with Gasteiger partial charge in [0.1, 0.15) is 0 Å². The fraction of sp³-hybridized carbons (Fsp3) is 0.400. The Morgan fingerprint density at radius 1 is 1.27 bits per heavy atom. The molecule has 7 heteroatoms. The molecule has 1 atom stereocenters. The van der Waals surface area contributed by atoms with Crippen LogP contribution in [0.3, 0.4) is 0 Å². The summed E-state index contributed by atoms with van der Waals surface area (Å²) < 4.78 is 33.0. The van der Waals surface area contributed by atoms with Crippen molar-refractivity contribution in [3.8, 4) is 0 Å². The van der Waals surface area contributed by atoms with Gasteiger partial charge < -0.3 is 4.74 Å². The Kier molecular flexibility index (Phi) is 4.75. The van der Waals surface area contributed by atoms with Gasteiger partial charge in [0.15, 0.2) is 5.13 Å². The first-order valence-electron chi connectivity index (χ1n) is 7.27. The molecule has 5 nitrogen and oxygen atoms in total. The Hall–Kier alpha value is -1.44. The van der Waals surface area contributed by atoms with Crippen LogP contribution in [-0.4, -0.2) is 32.7 Å². The molecule has 0 amide bonds. The van der Waals surface area contributed by atoms with Gasteiger partial charge in [0, 0.05) is 18.2 Å². The van der Waals surface area contributed by atoms with Crippen molar-refractivity contribution in [3.63, 3.8) is 0 Å². The van der Waals surface area contributed by atoms with Gasteiger partial charge in [-0.15, -0.1) is 11.3 Å². The summed E-state index contributed by atoms with van der Waals surface area (Å²) in [5.41, 5.74) is 0. The summed E-state index contributed by atoms with van der Waals surface area (Å²) in [6.07, 6.45) is 4.54. The van der Waals surface area contributed by atoms with Crippen LogP contribution in [0.4, 0.5) is 5.13 Å². The molecule has 0 N–H and O–H groups in total. The van der Waals surface area contributed by atoms with Crippen molar-refractivity contribution in [1.82, 2.24) is 4.98 Å². The SMILES string of the molecule is O=S(=O)(c1ccccc1)N(C[C@H]1CCCCO1)c1nccs1. The molecule has 1 saturated heterocycles. The van der Waals surface area contributed by atoms with Gasteiger partial charge >= 0.3 is 0 Å². The lowest BCUT2D eigenvalue weighted by Gasteiger charge is -2.29. The molecule has 118 valence electrons. The number of benzene rings is 1. The topological polar surface area (TPSA) is 59.5 Å². The van der Waals surface area contributed by atoms with Gasteiger partial charge in [-0.05, 0) is 31.4 Å². The molecule has 1 aliphatic heterocycles. The van der Waals surface area contributed by atoms with Crippen molar-refractivity contribution in [2.45, 2.75) is 30.3 Å². The summed E-state index contributed by atoms with van der Waals surface area (Å²) in [4.78, 5) is 4.46. The number of sulfonamides is 1. The molecule has 3 rings (SSSR count). The largest absolute Gasteiger partial charge is 0.376 e. The Bertz CT molecular complexity index is 681. The van der Waals surface area contributed by atoms with Crippen LogP contribution < -0.4 is 4.31 Å². The summed E-state index contributed by atoms with van der Waals surface area (Å²) in [5, 5.41) is 2.27. The highest BCUT2D eigenvalue weighted by molar-refractivity contribution is 7.93. The van der Waals surface area contributed by atoms with E-state index in [0.29, 0.717) is 18.3 Å². The molecule has 1 aromatic heterocycles. The maximum Gasteiger partial charge on any atom is 0.266 e. The van der Waals surface area contributed by atoms with Crippen LogP contribution in [0.5, 0.6) is 0 Å². The van der Waals surface area contributed by atoms with Gasteiger partial charge in [-0.25, -0.2) is 17.7 Å². The molecule has 0 aliphatic carbocycles. The molecule has 1 fully saturated rings. The van der Waals surface area contributed by atoms with Crippen molar-refractivity contribution < 1.29 is 13.2 Å². The predicted molar refractivity (Wildman–Crippen MR) is 86.7 cm³/mol. The molecule has 0 bridgehead atoms. The van der Waals surface area contributed by atoms with Gasteiger partial charge in [0.2, 0.25) is 0 Å². The molecular weight excluding hydrogens is 320 g/mol. The maximum absolute atomic E-state index is 12.9. The van der Waals surface area contributed by atoms with Gasteiger partial charge in [0.05, 0.1) is 17.5 Å². The number of anilines is 1. The van der Waals surface area contributed by atoms with E-state index < -0.39 is 10.0 Å². The van der Waals surface area contributed by atoms with E-state index in [4.69, 9.17) is 4.74 Å². The van der Waals surface area contributed by atoms with Crippen LogP contribution in [0, 0.1) is 0 Å². The molecule has 0 unspecified atom stereocenters. The van der Waals surface area contributed by atoms with Crippen LogP contribution >= 0.6 is 11.3 Å². The molecule has 1 aliphatic rings. The Morgan fingerprint density at radius 3 is 2.73 bits per heavy atom. The summed E-state index contributed by atoms with van der Waals surface area (Å²) >= 11 is 1.32. The van der Waals surface area contributed by atoms with E-state index in [1.54, 1.807) is 41.9 Å². The second kappa shape index (κ2) is 6.76. The summed E-state index contributed by atoms with van der Waals surface area (Å²) in [5.74, 6) is 0. The van der Waals surface area contributed by atoms with Crippen LogP contribution in [-0.2, 0) is 14.8 Å². The number of nitrogens with zero attached hydrogens (tertiary/aromatic N) is 2. The molecule has 1 aromatic carbocycles. The lowest BCUT2D eigenvalue weighted by molar-refractivity contribution is 0.0228. The van der Waals surface area contributed by atoms with E-state index in [-0.39, 0.29) is 11.0 Å². The second-order valence-electron chi connectivity index (χ2n) is 5.15. The fourth-order valence-corrected chi connectivity index (χ4v) is 4.83. The van der Waals surface area contributed by atoms with Crippen molar-refractivity contribution in [2.24, 2.45) is 0 Å². The monoisotopic (exact) mass is 338 g/mol. The molecule has 2 aromatic rings. The normalized spacial score (nSPS) is 19.0. The zero-order chi connectivity index (χ0) is 15.4.